The van der Waals surface area contributed by atoms with Crippen LogP contribution in [0.2, 0.25) is 0 Å². The first-order valence-corrected chi connectivity index (χ1v) is 7.30. The summed E-state index contributed by atoms with van der Waals surface area (Å²) in [5, 5.41) is 6.49. The molecule has 2 unspecified atom stereocenters. The fourth-order valence-electron chi connectivity index (χ4n) is 2.52. The molecule has 20 heavy (non-hydrogen) atoms. The van der Waals surface area contributed by atoms with E-state index in [1.165, 1.54) is 12.8 Å². The maximum absolute atomic E-state index is 11.9. The molecule has 0 aromatic heterocycles. The zero-order valence-corrected chi connectivity index (χ0v) is 12.3. The Labute approximate surface area is 120 Å². The van der Waals surface area contributed by atoms with E-state index >= 15 is 0 Å². The molecule has 0 bridgehead atoms. The average molecular weight is 276 g/mol. The number of rotatable bonds is 5. The van der Waals surface area contributed by atoms with Crippen molar-refractivity contribution in [3.05, 3.63) is 29.8 Å². The molecule has 1 aromatic rings. The van der Waals surface area contributed by atoms with E-state index in [1.807, 2.05) is 24.3 Å². The summed E-state index contributed by atoms with van der Waals surface area (Å²) in [6.07, 6.45) is 2.79. The molecule has 0 radical (unpaired) electrons. The second-order valence-electron chi connectivity index (χ2n) is 5.59. The Balaban J connectivity index is 1.74. The van der Waals surface area contributed by atoms with E-state index in [9.17, 15) is 4.79 Å². The van der Waals surface area contributed by atoms with Gasteiger partial charge in [-0.2, -0.15) is 0 Å². The van der Waals surface area contributed by atoms with E-state index in [1.54, 1.807) is 7.11 Å². The normalized spacial score (nSPS) is 22.3. The van der Waals surface area contributed by atoms with E-state index in [0.717, 1.165) is 24.4 Å². The molecule has 4 nitrogen and oxygen atoms in total. The van der Waals surface area contributed by atoms with Crippen molar-refractivity contribution in [3.63, 3.8) is 0 Å². The van der Waals surface area contributed by atoms with Crippen LogP contribution >= 0.6 is 0 Å². The van der Waals surface area contributed by atoms with Crippen molar-refractivity contribution < 1.29 is 9.53 Å². The molecule has 2 rings (SSSR count). The lowest BCUT2D eigenvalue weighted by Crippen LogP contribution is -2.42. The van der Waals surface area contributed by atoms with Crippen LogP contribution in [0.25, 0.3) is 0 Å². The summed E-state index contributed by atoms with van der Waals surface area (Å²) >= 11 is 0. The van der Waals surface area contributed by atoms with Crippen LogP contribution in [-0.4, -0.2) is 32.1 Å². The monoisotopic (exact) mass is 276 g/mol. The Hall–Kier alpha value is -1.55. The third-order valence-corrected chi connectivity index (χ3v) is 3.85. The molecule has 1 amide bonds. The van der Waals surface area contributed by atoms with Crippen LogP contribution in [0.1, 0.15) is 25.3 Å². The molecule has 1 heterocycles. The first kappa shape index (κ1) is 14.9. The Morgan fingerprint density at radius 1 is 1.45 bits per heavy atom. The molecular formula is C16H24N2O2. The lowest BCUT2D eigenvalue weighted by atomic mass is 9.95. The Kier molecular flexibility index (Phi) is 5.41. The van der Waals surface area contributed by atoms with Gasteiger partial charge in [0.25, 0.3) is 0 Å². The van der Waals surface area contributed by atoms with Gasteiger partial charge in [-0.05, 0) is 49.9 Å². The Morgan fingerprint density at radius 2 is 2.30 bits per heavy atom. The molecule has 1 saturated heterocycles. The number of hydrogen-bond acceptors (Lipinski definition) is 3. The summed E-state index contributed by atoms with van der Waals surface area (Å²) in [5.41, 5.74) is 0.984. The number of carbonyl (C=O) groups excluding carboxylic acids is 1. The molecule has 110 valence electrons. The smallest absolute Gasteiger partial charge is 0.224 e. The highest BCUT2D eigenvalue weighted by atomic mass is 16.5. The van der Waals surface area contributed by atoms with Gasteiger partial charge in [0.1, 0.15) is 5.75 Å². The number of piperidine rings is 1. The summed E-state index contributed by atoms with van der Waals surface area (Å²) in [6.45, 7) is 3.97. The van der Waals surface area contributed by atoms with Gasteiger partial charge in [-0.1, -0.05) is 12.1 Å². The van der Waals surface area contributed by atoms with E-state index < -0.39 is 0 Å². The molecule has 4 heteroatoms. The number of ether oxygens (including phenoxy) is 1. The average Bonchev–Trinajstić information content (AvgIpc) is 2.47. The van der Waals surface area contributed by atoms with Crippen molar-refractivity contribution in [3.8, 4) is 5.75 Å². The lowest BCUT2D eigenvalue weighted by Gasteiger charge is -2.27. The molecule has 1 aliphatic heterocycles. The van der Waals surface area contributed by atoms with Gasteiger partial charge in [-0.15, -0.1) is 0 Å². The van der Waals surface area contributed by atoms with Crippen molar-refractivity contribution in [2.75, 3.05) is 20.2 Å². The number of benzene rings is 1. The van der Waals surface area contributed by atoms with Gasteiger partial charge in [-0.25, -0.2) is 0 Å². The summed E-state index contributed by atoms with van der Waals surface area (Å²) in [5.74, 6) is 1.43. The van der Waals surface area contributed by atoms with Gasteiger partial charge in [0.05, 0.1) is 13.5 Å². The molecule has 0 aliphatic carbocycles. The molecule has 0 saturated carbocycles. The summed E-state index contributed by atoms with van der Waals surface area (Å²) in [4.78, 5) is 11.9. The standard InChI is InChI=1S/C16H24N2O2/c1-12-6-7-14(10-17-12)11-18-16(19)9-13-4-3-5-15(8-13)20-2/h3-5,8,12,14,17H,6-7,9-11H2,1-2H3,(H,18,19). The van der Waals surface area contributed by atoms with E-state index in [0.29, 0.717) is 18.4 Å². The SMILES string of the molecule is COc1cccc(CC(=O)NCC2CCC(C)NC2)c1. The van der Waals surface area contributed by atoms with Crippen molar-refractivity contribution in [2.24, 2.45) is 5.92 Å². The molecule has 2 N–H and O–H groups in total. The highest BCUT2D eigenvalue weighted by Gasteiger charge is 2.17. The van der Waals surface area contributed by atoms with Crippen LogP contribution in [0.15, 0.2) is 24.3 Å². The van der Waals surface area contributed by atoms with Gasteiger partial charge in [0, 0.05) is 12.6 Å². The summed E-state index contributed by atoms with van der Waals surface area (Å²) in [6, 6.07) is 8.26. The van der Waals surface area contributed by atoms with Gasteiger partial charge in [-0.3, -0.25) is 4.79 Å². The quantitative estimate of drug-likeness (QED) is 0.861. The van der Waals surface area contributed by atoms with Gasteiger partial charge in [0.2, 0.25) is 5.91 Å². The minimum absolute atomic E-state index is 0.0804. The first-order chi connectivity index (χ1) is 9.67. The van der Waals surface area contributed by atoms with Crippen molar-refractivity contribution in [1.29, 1.82) is 0 Å². The lowest BCUT2D eigenvalue weighted by molar-refractivity contribution is -0.120. The molecule has 0 spiro atoms. The van der Waals surface area contributed by atoms with Crippen LogP contribution in [0.4, 0.5) is 0 Å². The minimum Gasteiger partial charge on any atom is -0.497 e. The Bertz CT molecular complexity index is 440. The highest BCUT2D eigenvalue weighted by Crippen LogP contribution is 2.14. The number of hydrogen-bond donors (Lipinski definition) is 2. The van der Waals surface area contributed by atoms with Crippen LogP contribution in [0.5, 0.6) is 5.75 Å². The van der Waals surface area contributed by atoms with E-state index in [-0.39, 0.29) is 5.91 Å². The minimum atomic E-state index is 0.0804. The van der Waals surface area contributed by atoms with Crippen LogP contribution in [-0.2, 0) is 11.2 Å². The van der Waals surface area contributed by atoms with Gasteiger partial charge in [0.15, 0.2) is 0 Å². The number of amides is 1. The van der Waals surface area contributed by atoms with Crippen molar-refractivity contribution in [1.82, 2.24) is 10.6 Å². The second kappa shape index (κ2) is 7.29. The van der Waals surface area contributed by atoms with Crippen LogP contribution in [0.3, 0.4) is 0 Å². The molecule has 1 aliphatic rings. The number of methoxy groups -OCH3 is 1. The summed E-state index contributed by atoms with van der Waals surface area (Å²) in [7, 11) is 1.64. The highest BCUT2D eigenvalue weighted by molar-refractivity contribution is 5.78. The first-order valence-electron chi connectivity index (χ1n) is 7.30. The van der Waals surface area contributed by atoms with Crippen molar-refractivity contribution in [2.45, 2.75) is 32.2 Å². The molecule has 1 fully saturated rings. The zero-order chi connectivity index (χ0) is 14.4. The van der Waals surface area contributed by atoms with E-state index in [2.05, 4.69) is 17.6 Å². The van der Waals surface area contributed by atoms with Gasteiger partial charge >= 0.3 is 0 Å². The maximum Gasteiger partial charge on any atom is 0.224 e. The Morgan fingerprint density at radius 3 is 3.00 bits per heavy atom. The summed E-state index contributed by atoms with van der Waals surface area (Å²) < 4.78 is 5.16. The number of nitrogens with one attached hydrogen (secondary N) is 2. The zero-order valence-electron chi connectivity index (χ0n) is 12.3. The molecule has 2 atom stereocenters. The third-order valence-electron chi connectivity index (χ3n) is 3.85. The predicted molar refractivity (Wildman–Crippen MR) is 79.9 cm³/mol. The predicted octanol–water partition coefficient (Wildman–Crippen LogP) is 1.74. The van der Waals surface area contributed by atoms with Crippen molar-refractivity contribution >= 4 is 5.91 Å². The third kappa shape index (κ3) is 4.53. The largest absolute Gasteiger partial charge is 0.497 e. The van der Waals surface area contributed by atoms with Crippen LogP contribution in [0, 0.1) is 5.92 Å². The fraction of sp³-hybridized carbons (Fsp3) is 0.562. The molecular weight excluding hydrogens is 252 g/mol. The van der Waals surface area contributed by atoms with E-state index in [4.69, 9.17) is 4.74 Å². The molecule has 1 aromatic carbocycles. The topological polar surface area (TPSA) is 50.4 Å². The second-order valence-corrected chi connectivity index (χ2v) is 5.59. The maximum atomic E-state index is 11.9. The fourth-order valence-corrected chi connectivity index (χ4v) is 2.52. The van der Waals surface area contributed by atoms with Crippen LogP contribution < -0.4 is 15.4 Å². The van der Waals surface area contributed by atoms with Gasteiger partial charge < -0.3 is 15.4 Å². The number of carbonyl (C=O) groups is 1.